The van der Waals surface area contributed by atoms with Crippen molar-refractivity contribution in [2.45, 2.75) is 30.7 Å². The van der Waals surface area contributed by atoms with Crippen LogP contribution in [0.15, 0.2) is 23.1 Å². The van der Waals surface area contributed by atoms with Crippen LogP contribution in [0.4, 0.5) is 5.69 Å². The molecule has 1 saturated heterocycles. The Morgan fingerprint density at radius 2 is 2.16 bits per heavy atom. The Balaban J connectivity index is 2.17. The Bertz CT molecular complexity index is 557. The van der Waals surface area contributed by atoms with Gasteiger partial charge in [-0.2, -0.15) is 0 Å². The predicted molar refractivity (Wildman–Crippen MR) is 76.7 cm³/mol. The second-order valence-corrected chi connectivity index (χ2v) is 6.80. The van der Waals surface area contributed by atoms with Gasteiger partial charge in [0.1, 0.15) is 0 Å². The lowest BCUT2D eigenvalue weighted by atomic mass is 10.1. The summed E-state index contributed by atoms with van der Waals surface area (Å²) < 4.78 is 23.0. The zero-order chi connectivity index (χ0) is 14.0. The molecule has 6 heteroatoms. The molecule has 0 aromatic heterocycles. The highest BCUT2D eigenvalue weighted by molar-refractivity contribution is 7.89. The number of nitrogens with zero attached hydrogens (tertiary/aromatic N) is 1. The first-order valence-corrected chi connectivity index (χ1v) is 7.99. The van der Waals surface area contributed by atoms with E-state index in [1.807, 2.05) is 6.07 Å². The van der Waals surface area contributed by atoms with Crippen LogP contribution < -0.4 is 10.5 Å². The highest BCUT2D eigenvalue weighted by atomic mass is 32.2. The summed E-state index contributed by atoms with van der Waals surface area (Å²) in [6.45, 7) is 3.84. The maximum Gasteiger partial charge on any atom is 0.238 e. The van der Waals surface area contributed by atoms with Gasteiger partial charge in [-0.3, -0.25) is 0 Å². The highest BCUT2D eigenvalue weighted by Crippen LogP contribution is 2.21. The van der Waals surface area contributed by atoms with Crippen LogP contribution in [0.25, 0.3) is 0 Å². The molecule has 1 aliphatic heterocycles. The van der Waals surface area contributed by atoms with Crippen LogP contribution in [0.5, 0.6) is 0 Å². The Labute approximate surface area is 114 Å². The third-order valence-electron chi connectivity index (χ3n) is 3.49. The molecule has 0 spiro atoms. The van der Waals surface area contributed by atoms with E-state index in [-0.39, 0.29) is 4.90 Å². The van der Waals surface area contributed by atoms with E-state index in [1.165, 1.54) is 0 Å². The first-order chi connectivity index (χ1) is 8.86. The molecule has 19 heavy (non-hydrogen) atoms. The summed E-state index contributed by atoms with van der Waals surface area (Å²) in [4.78, 5) is 2.47. The molecule has 0 radical (unpaired) electrons. The maximum absolute atomic E-state index is 11.5. The fourth-order valence-corrected chi connectivity index (χ4v) is 3.32. The maximum atomic E-state index is 11.5. The van der Waals surface area contributed by atoms with Gasteiger partial charge in [0.2, 0.25) is 10.0 Å². The number of likely N-dealkylation sites (tertiary alicyclic amines) is 1. The average molecular weight is 283 g/mol. The van der Waals surface area contributed by atoms with Crippen molar-refractivity contribution in [2.24, 2.45) is 5.14 Å². The SMILES string of the molecule is Cc1ccc(NC2CCCN(C)C2)cc1S(N)(=O)=O. The fraction of sp³-hybridized carbons (Fsp3) is 0.538. The Morgan fingerprint density at radius 1 is 1.42 bits per heavy atom. The van der Waals surface area contributed by atoms with Gasteiger partial charge in [0.25, 0.3) is 0 Å². The molecule has 1 atom stereocenters. The normalized spacial score (nSPS) is 21.3. The zero-order valence-corrected chi connectivity index (χ0v) is 12.2. The number of hydrogen-bond donors (Lipinski definition) is 2. The monoisotopic (exact) mass is 283 g/mol. The minimum Gasteiger partial charge on any atom is -0.381 e. The van der Waals surface area contributed by atoms with Crippen LogP contribution in [0.1, 0.15) is 18.4 Å². The van der Waals surface area contributed by atoms with Crippen LogP contribution in [0, 0.1) is 6.92 Å². The van der Waals surface area contributed by atoms with Crippen LogP contribution in [-0.4, -0.2) is 39.5 Å². The van der Waals surface area contributed by atoms with Gasteiger partial charge < -0.3 is 10.2 Å². The largest absolute Gasteiger partial charge is 0.381 e. The van der Waals surface area contributed by atoms with Crippen molar-refractivity contribution in [3.63, 3.8) is 0 Å². The molecule has 106 valence electrons. The number of rotatable bonds is 3. The van der Waals surface area contributed by atoms with Gasteiger partial charge in [-0.25, -0.2) is 13.6 Å². The van der Waals surface area contributed by atoms with E-state index in [0.717, 1.165) is 31.6 Å². The van der Waals surface area contributed by atoms with Crippen molar-refractivity contribution < 1.29 is 8.42 Å². The number of nitrogens with two attached hydrogens (primary N) is 1. The van der Waals surface area contributed by atoms with E-state index in [9.17, 15) is 8.42 Å². The van der Waals surface area contributed by atoms with Crippen LogP contribution in [-0.2, 0) is 10.0 Å². The number of aryl methyl sites for hydroxylation is 1. The van der Waals surface area contributed by atoms with Gasteiger partial charge in [0.05, 0.1) is 4.90 Å². The minimum absolute atomic E-state index is 0.196. The number of anilines is 1. The third-order valence-corrected chi connectivity index (χ3v) is 4.54. The van der Waals surface area contributed by atoms with Crippen molar-refractivity contribution >= 4 is 15.7 Å². The number of primary sulfonamides is 1. The number of benzene rings is 1. The second kappa shape index (κ2) is 5.48. The highest BCUT2D eigenvalue weighted by Gasteiger charge is 2.18. The van der Waals surface area contributed by atoms with Gasteiger partial charge in [0.15, 0.2) is 0 Å². The molecule has 0 amide bonds. The van der Waals surface area contributed by atoms with Crippen LogP contribution in [0.2, 0.25) is 0 Å². The smallest absolute Gasteiger partial charge is 0.238 e. The van der Waals surface area contributed by atoms with Gasteiger partial charge in [-0.05, 0) is 51.1 Å². The van der Waals surface area contributed by atoms with Crippen molar-refractivity contribution in [1.29, 1.82) is 0 Å². The van der Waals surface area contributed by atoms with Gasteiger partial charge in [0, 0.05) is 18.3 Å². The van der Waals surface area contributed by atoms with Gasteiger partial charge in [-0.1, -0.05) is 6.07 Å². The van der Waals surface area contributed by atoms with E-state index in [4.69, 9.17) is 5.14 Å². The summed E-state index contributed by atoms with van der Waals surface area (Å²) in [5, 5.41) is 8.61. The fourth-order valence-electron chi connectivity index (χ4n) is 2.52. The van der Waals surface area contributed by atoms with E-state index in [0.29, 0.717) is 11.6 Å². The van der Waals surface area contributed by atoms with E-state index in [1.54, 1.807) is 19.1 Å². The van der Waals surface area contributed by atoms with Crippen molar-refractivity contribution in [1.82, 2.24) is 4.90 Å². The number of likely N-dealkylation sites (N-methyl/N-ethyl adjacent to an activating group) is 1. The van der Waals surface area contributed by atoms with E-state index in [2.05, 4.69) is 17.3 Å². The van der Waals surface area contributed by atoms with E-state index >= 15 is 0 Å². The van der Waals surface area contributed by atoms with Crippen LogP contribution >= 0.6 is 0 Å². The molecule has 3 N–H and O–H groups in total. The summed E-state index contributed by atoms with van der Waals surface area (Å²) in [6, 6.07) is 5.67. The molecule has 5 nitrogen and oxygen atoms in total. The first kappa shape index (κ1) is 14.3. The lowest BCUT2D eigenvalue weighted by Crippen LogP contribution is -2.39. The molecule has 0 aliphatic carbocycles. The average Bonchev–Trinajstić information content (AvgIpc) is 2.30. The summed E-state index contributed by atoms with van der Waals surface area (Å²) in [5.41, 5.74) is 1.49. The lowest BCUT2D eigenvalue weighted by molar-refractivity contribution is 0.261. The predicted octanol–water partition coefficient (Wildman–Crippen LogP) is 1.15. The molecule has 1 aromatic rings. The number of hydrogen-bond acceptors (Lipinski definition) is 4. The Morgan fingerprint density at radius 3 is 2.79 bits per heavy atom. The molecule has 1 unspecified atom stereocenters. The number of piperidine rings is 1. The molecule has 1 fully saturated rings. The summed E-state index contributed by atoms with van der Waals surface area (Å²) in [7, 11) is -1.56. The Kier molecular flexibility index (Phi) is 4.13. The molecule has 2 rings (SSSR count). The standard InChI is InChI=1S/C13H21N3O2S/c1-10-5-6-11(8-13(10)19(14,17)18)15-12-4-3-7-16(2)9-12/h5-6,8,12,15H,3-4,7,9H2,1-2H3,(H2,14,17,18). The lowest BCUT2D eigenvalue weighted by Gasteiger charge is -2.31. The van der Waals surface area contributed by atoms with Gasteiger partial charge >= 0.3 is 0 Å². The minimum atomic E-state index is -3.66. The third kappa shape index (κ3) is 3.68. The first-order valence-electron chi connectivity index (χ1n) is 6.45. The number of nitrogens with one attached hydrogen (secondary N) is 1. The quantitative estimate of drug-likeness (QED) is 0.872. The molecule has 1 aromatic carbocycles. The van der Waals surface area contributed by atoms with Crippen molar-refractivity contribution in [2.75, 3.05) is 25.5 Å². The van der Waals surface area contributed by atoms with Gasteiger partial charge in [-0.15, -0.1) is 0 Å². The topological polar surface area (TPSA) is 75.4 Å². The molecule has 1 heterocycles. The Hall–Kier alpha value is -1.11. The molecule has 0 bridgehead atoms. The summed E-state index contributed by atoms with van der Waals surface area (Å²) in [5.74, 6) is 0. The summed E-state index contributed by atoms with van der Waals surface area (Å²) in [6.07, 6.45) is 2.25. The van der Waals surface area contributed by atoms with Crippen molar-refractivity contribution in [3.05, 3.63) is 23.8 Å². The number of sulfonamides is 1. The zero-order valence-electron chi connectivity index (χ0n) is 11.4. The summed E-state index contributed by atoms with van der Waals surface area (Å²) >= 11 is 0. The second-order valence-electron chi connectivity index (χ2n) is 5.27. The van der Waals surface area contributed by atoms with Crippen LogP contribution in [0.3, 0.4) is 0 Å². The van der Waals surface area contributed by atoms with Crippen molar-refractivity contribution in [3.8, 4) is 0 Å². The molecule has 0 saturated carbocycles. The molecular formula is C13H21N3O2S. The molecular weight excluding hydrogens is 262 g/mol. The molecule has 1 aliphatic rings. The van der Waals surface area contributed by atoms with E-state index < -0.39 is 10.0 Å².